The first-order valence-corrected chi connectivity index (χ1v) is 12.4. The highest BCUT2D eigenvalue weighted by Crippen LogP contribution is 2.26. The molecule has 2 aromatic carbocycles. The quantitative estimate of drug-likeness (QED) is 0.224. The summed E-state index contributed by atoms with van der Waals surface area (Å²) in [6.45, 7) is 3.79. The predicted octanol–water partition coefficient (Wildman–Crippen LogP) is 4.07. The molecule has 0 radical (unpaired) electrons. The largest absolute Gasteiger partial charge is 0.466 e. The number of fused-ring (bicyclic) bond motifs is 1. The van der Waals surface area contributed by atoms with Crippen LogP contribution in [-0.2, 0) is 20.7 Å². The van der Waals surface area contributed by atoms with Crippen LogP contribution in [0.4, 0.5) is 5.13 Å². The van der Waals surface area contributed by atoms with Crippen molar-refractivity contribution in [2.75, 3.05) is 11.9 Å². The van der Waals surface area contributed by atoms with E-state index < -0.39 is 5.25 Å². The van der Waals surface area contributed by atoms with Crippen molar-refractivity contribution in [2.45, 2.75) is 30.7 Å². The van der Waals surface area contributed by atoms with Crippen LogP contribution in [0.15, 0.2) is 69.9 Å². The van der Waals surface area contributed by atoms with Crippen LogP contribution >= 0.6 is 23.1 Å². The second-order valence-electron chi connectivity index (χ2n) is 7.26. The Morgan fingerprint density at radius 2 is 1.85 bits per heavy atom. The van der Waals surface area contributed by atoms with Crippen molar-refractivity contribution in [1.29, 1.82) is 0 Å². The van der Waals surface area contributed by atoms with Crippen LogP contribution in [0.1, 0.15) is 19.5 Å². The van der Waals surface area contributed by atoms with Crippen LogP contribution in [0.25, 0.3) is 16.6 Å². The number of benzene rings is 2. The Balaban J connectivity index is 1.56. The van der Waals surface area contributed by atoms with Crippen LogP contribution in [-0.4, -0.2) is 38.3 Å². The Hall–Kier alpha value is -3.50. The van der Waals surface area contributed by atoms with Crippen molar-refractivity contribution in [2.24, 2.45) is 0 Å². The molecule has 1 atom stereocenters. The third-order valence-electron chi connectivity index (χ3n) is 4.82. The normalized spacial score (nSPS) is 11.8. The Morgan fingerprint density at radius 1 is 1.12 bits per heavy atom. The number of hydrogen-bond acceptors (Lipinski definition) is 8. The molecule has 4 rings (SSSR count). The van der Waals surface area contributed by atoms with Crippen molar-refractivity contribution in [3.05, 3.63) is 76.0 Å². The molecule has 0 saturated carbocycles. The molecule has 4 aromatic rings. The average Bonchev–Trinajstić information content (AvgIpc) is 3.26. The molecule has 2 aromatic heterocycles. The zero-order valence-electron chi connectivity index (χ0n) is 18.6. The van der Waals surface area contributed by atoms with E-state index in [4.69, 9.17) is 4.74 Å². The van der Waals surface area contributed by atoms with Crippen molar-refractivity contribution in [3.8, 4) is 5.69 Å². The first-order chi connectivity index (χ1) is 16.5. The molecule has 0 bridgehead atoms. The number of carbonyl (C=O) groups is 2. The average molecular weight is 495 g/mol. The summed E-state index contributed by atoms with van der Waals surface area (Å²) in [6, 6.07) is 16.4. The Bertz CT molecular complexity index is 1380. The number of thioether (sulfide) groups is 1. The van der Waals surface area contributed by atoms with E-state index in [-0.39, 0.29) is 23.9 Å². The van der Waals surface area contributed by atoms with E-state index in [9.17, 15) is 14.4 Å². The smallest absolute Gasteiger partial charge is 0.311 e. The molecule has 0 fully saturated rings. The molecule has 174 valence electrons. The number of rotatable bonds is 8. The topological polar surface area (TPSA) is 103 Å². The van der Waals surface area contributed by atoms with Gasteiger partial charge in [-0.1, -0.05) is 42.1 Å². The van der Waals surface area contributed by atoms with Crippen LogP contribution in [0.3, 0.4) is 0 Å². The van der Waals surface area contributed by atoms with E-state index in [0.29, 0.717) is 39.2 Å². The standard InChI is InChI=1S/C24H22N4O4S2/c1-3-32-20(29)13-16-14-33-23(25-16)27-21(30)15(2)34-24-26-19-12-8-7-11-18(19)22(31)28(24)17-9-5-4-6-10-17/h4-12,14-15H,3,13H2,1-2H3,(H,25,27,30). The molecule has 0 spiro atoms. The third-order valence-corrected chi connectivity index (χ3v) is 6.68. The summed E-state index contributed by atoms with van der Waals surface area (Å²) in [5.74, 6) is -0.653. The number of ether oxygens (including phenoxy) is 1. The highest BCUT2D eigenvalue weighted by Gasteiger charge is 2.21. The zero-order chi connectivity index (χ0) is 24.1. The molecule has 1 unspecified atom stereocenters. The van der Waals surface area contributed by atoms with Gasteiger partial charge in [0, 0.05) is 5.38 Å². The highest BCUT2D eigenvalue weighted by atomic mass is 32.2. The molecule has 1 amide bonds. The molecule has 1 N–H and O–H groups in total. The molecule has 0 aliphatic rings. The van der Waals surface area contributed by atoms with Crippen molar-refractivity contribution in [1.82, 2.24) is 14.5 Å². The SMILES string of the molecule is CCOC(=O)Cc1csc(NC(=O)C(C)Sc2nc3ccccc3c(=O)n2-c2ccccc2)n1. The summed E-state index contributed by atoms with van der Waals surface area (Å²) in [6.07, 6.45) is 0.0505. The van der Waals surface area contributed by atoms with Crippen LogP contribution in [0.2, 0.25) is 0 Å². The summed E-state index contributed by atoms with van der Waals surface area (Å²) >= 11 is 2.42. The minimum Gasteiger partial charge on any atom is -0.466 e. The monoisotopic (exact) mass is 494 g/mol. The summed E-state index contributed by atoms with van der Waals surface area (Å²) < 4.78 is 6.45. The summed E-state index contributed by atoms with van der Waals surface area (Å²) in [5, 5.41) is 5.23. The number of esters is 1. The number of hydrogen-bond donors (Lipinski definition) is 1. The van der Waals surface area contributed by atoms with E-state index >= 15 is 0 Å². The van der Waals surface area contributed by atoms with Crippen LogP contribution < -0.4 is 10.9 Å². The zero-order valence-corrected chi connectivity index (χ0v) is 20.2. The predicted molar refractivity (Wildman–Crippen MR) is 134 cm³/mol. The van der Waals surface area contributed by atoms with Gasteiger partial charge in [-0.25, -0.2) is 9.97 Å². The lowest BCUT2D eigenvalue weighted by molar-refractivity contribution is -0.142. The molecule has 34 heavy (non-hydrogen) atoms. The number of thiazole rings is 1. The Kier molecular flexibility index (Phi) is 7.39. The molecule has 8 nitrogen and oxygen atoms in total. The molecule has 0 aliphatic heterocycles. The number of amides is 1. The van der Waals surface area contributed by atoms with Crippen molar-refractivity contribution < 1.29 is 14.3 Å². The first kappa shape index (κ1) is 23.7. The minimum atomic E-state index is -0.569. The number of para-hydroxylation sites is 2. The Labute approximate surface area is 204 Å². The maximum atomic E-state index is 13.3. The van der Waals surface area contributed by atoms with Gasteiger partial charge in [0.15, 0.2) is 10.3 Å². The number of nitrogens with zero attached hydrogens (tertiary/aromatic N) is 3. The van der Waals surface area contributed by atoms with Gasteiger partial charge in [0.1, 0.15) is 0 Å². The lowest BCUT2D eigenvalue weighted by Crippen LogP contribution is -2.26. The van der Waals surface area contributed by atoms with Gasteiger partial charge in [-0.2, -0.15) is 0 Å². The van der Waals surface area contributed by atoms with E-state index in [1.165, 1.54) is 27.7 Å². The molecule has 2 heterocycles. The Morgan fingerprint density at radius 3 is 2.62 bits per heavy atom. The van der Waals surface area contributed by atoms with Gasteiger partial charge in [0.05, 0.1) is 40.6 Å². The van der Waals surface area contributed by atoms with Gasteiger partial charge in [-0.3, -0.25) is 19.0 Å². The lowest BCUT2D eigenvalue weighted by atomic mass is 10.2. The van der Waals surface area contributed by atoms with Gasteiger partial charge < -0.3 is 10.1 Å². The summed E-state index contributed by atoms with van der Waals surface area (Å²) in [7, 11) is 0. The fourth-order valence-electron chi connectivity index (χ4n) is 3.22. The van der Waals surface area contributed by atoms with E-state index in [2.05, 4.69) is 15.3 Å². The second-order valence-corrected chi connectivity index (χ2v) is 9.43. The van der Waals surface area contributed by atoms with Gasteiger partial charge in [0.25, 0.3) is 5.56 Å². The maximum absolute atomic E-state index is 13.3. The fourth-order valence-corrected chi connectivity index (χ4v) is 4.86. The summed E-state index contributed by atoms with van der Waals surface area (Å²) in [4.78, 5) is 46.8. The molecule has 0 saturated heterocycles. The number of carbonyl (C=O) groups excluding carboxylic acids is 2. The van der Waals surface area contributed by atoms with E-state index in [1.54, 1.807) is 37.4 Å². The highest BCUT2D eigenvalue weighted by molar-refractivity contribution is 8.00. The van der Waals surface area contributed by atoms with Crippen molar-refractivity contribution >= 4 is 51.0 Å². The maximum Gasteiger partial charge on any atom is 0.311 e. The van der Waals surface area contributed by atoms with Crippen LogP contribution in [0, 0.1) is 0 Å². The molecular weight excluding hydrogens is 472 g/mol. The third kappa shape index (κ3) is 5.35. The van der Waals surface area contributed by atoms with E-state index in [1.807, 2.05) is 36.4 Å². The summed E-state index contributed by atoms with van der Waals surface area (Å²) in [5.41, 5.74) is 1.58. The lowest BCUT2D eigenvalue weighted by Gasteiger charge is -2.16. The first-order valence-electron chi connectivity index (χ1n) is 10.6. The van der Waals surface area contributed by atoms with Gasteiger partial charge >= 0.3 is 5.97 Å². The molecule has 0 aliphatic carbocycles. The molecule has 10 heteroatoms. The van der Waals surface area contributed by atoms with Gasteiger partial charge in [0.2, 0.25) is 5.91 Å². The van der Waals surface area contributed by atoms with Crippen LogP contribution in [0.5, 0.6) is 0 Å². The van der Waals surface area contributed by atoms with Gasteiger partial charge in [-0.05, 0) is 38.1 Å². The van der Waals surface area contributed by atoms with E-state index in [0.717, 1.165) is 0 Å². The van der Waals surface area contributed by atoms with Crippen molar-refractivity contribution in [3.63, 3.8) is 0 Å². The molecular formula is C24H22N4O4S2. The number of aromatic nitrogens is 3. The number of nitrogens with one attached hydrogen (secondary N) is 1. The second kappa shape index (κ2) is 10.6. The minimum absolute atomic E-state index is 0.0505. The van der Waals surface area contributed by atoms with Gasteiger partial charge in [-0.15, -0.1) is 11.3 Å². The number of anilines is 1. The fraction of sp³-hybridized carbons (Fsp3) is 0.208.